The molecule has 9 heteroatoms. The first kappa shape index (κ1) is 18.0. The molecule has 5 heterocycles. The van der Waals surface area contributed by atoms with Gasteiger partial charge < -0.3 is 4.90 Å². The van der Waals surface area contributed by atoms with Gasteiger partial charge in [0.2, 0.25) is 10.0 Å². The van der Waals surface area contributed by atoms with Crippen LogP contribution in [0.1, 0.15) is 23.2 Å². The maximum Gasteiger partial charge on any atom is 0.257 e. The van der Waals surface area contributed by atoms with Gasteiger partial charge in [0.1, 0.15) is 5.69 Å². The number of rotatable bonds is 3. The molecule has 0 spiro atoms. The molecule has 8 nitrogen and oxygen atoms in total. The van der Waals surface area contributed by atoms with Crippen LogP contribution < -0.4 is 0 Å². The van der Waals surface area contributed by atoms with Crippen molar-refractivity contribution in [3.8, 4) is 11.5 Å². The van der Waals surface area contributed by atoms with E-state index in [9.17, 15) is 13.2 Å². The first-order valence-electron chi connectivity index (χ1n) is 8.91. The molecule has 2 aromatic heterocycles. The van der Waals surface area contributed by atoms with Gasteiger partial charge in [0.25, 0.3) is 5.91 Å². The summed E-state index contributed by atoms with van der Waals surface area (Å²) in [5.74, 6) is 0.483. The molecule has 3 aliphatic rings. The van der Waals surface area contributed by atoms with Crippen molar-refractivity contribution in [2.45, 2.75) is 18.9 Å². The SMILES string of the molecule is CS(=O)(=O)N1C[C@@H]2CC[C@H](C1)N(C(=O)c1cnc(-c3ccccn3)nc1)C2. The normalized spacial score (nSPS) is 23.2. The van der Waals surface area contributed by atoms with Crippen molar-refractivity contribution in [3.05, 3.63) is 42.4 Å². The molecule has 2 aromatic rings. The second kappa shape index (κ2) is 6.97. The molecule has 2 bridgehead atoms. The Morgan fingerprint density at radius 2 is 1.85 bits per heavy atom. The molecule has 5 rings (SSSR count). The van der Waals surface area contributed by atoms with Gasteiger partial charge in [0, 0.05) is 44.3 Å². The van der Waals surface area contributed by atoms with E-state index in [0.29, 0.717) is 36.7 Å². The number of amides is 1. The van der Waals surface area contributed by atoms with Crippen LogP contribution in [0.3, 0.4) is 0 Å². The number of piperidine rings is 1. The molecule has 0 unspecified atom stereocenters. The second-order valence-corrected chi connectivity index (χ2v) is 9.13. The summed E-state index contributed by atoms with van der Waals surface area (Å²) in [5.41, 5.74) is 1.06. The molecular weight excluding hydrogens is 366 g/mol. The molecule has 1 amide bonds. The number of carbonyl (C=O) groups excluding carboxylic acids is 1. The van der Waals surface area contributed by atoms with Gasteiger partial charge in [-0.15, -0.1) is 0 Å². The molecular formula is C18H21N5O3S. The predicted molar refractivity (Wildman–Crippen MR) is 99.2 cm³/mol. The molecule has 0 radical (unpaired) electrons. The van der Waals surface area contributed by atoms with Crippen LogP contribution in [0, 0.1) is 5.92 Å². The number of hydrogen-bond acceptors (Lipinski definition) is 6. The summed E-state index contributed by atoms with van der Waals surface area (Å²) in [6, 6.07) is 5.37. The first-order valence-corrected chi connectivity index (χ1v) is 10.8. The van der Waals surface area contributed by atoms with Crippen molar-refractivity contribution in [2.24, 2.45) is 5.92 Å². The summed E-state index contributed by atoms with van der Waals surface area (Å²) in [5, 5.41) is 0. The lowest BCUT2D eigenvalue weighted by atomic mass is 9.94. The van der Waals surface area contributed by atoms with Gasteiger partial charge in [0.15, 0.2) is 5.82 Å². The molecule has 3 fully saturated rings. The Kier molecular flexibility index (Phi) is 4.65. The molecule has 3 saturated heterocycles. The number of hydrogen-bond donors (Lipinski definition) is 0. The zero-order valence-corrected chi connectivity index (χ0v) is 15.8. The number of fused-ring (bicyclic) bond motifs is 4. The number of sulfonamides is 1. The Morgan fingerprint density at radius 1 is 1.07 bits per heavy atom. The summed E-state index contributed by atoms with van der Waals surface area (Å²) in [6.07, 6.45) is 7.69. The maximum atomic E-state index is 13.0. The highest BCUT2D eigenvalue weighted by molar-refractivity contribution is 7.88. The molecule has 0 saturated carbocycles. The van der Waals surface area contributed by atoms with Crippen molar-refractivity contribution in [2.75, 3.05) is 25.9 Å². The lowest BCUT2D eigenvalue weighted by Crippen LogP contribution is -2.47. The molecule has 142 valence electrons. The van der Waals surface area contributed by atoms with Crippen molar-refractivity contribution < 1.29 is 13.2 Å². The van der Waals surface area contributed by atoms with Crippen molar-refractivity contribution in [3.63, 3.8) is 0 Å². The van der Waals surface area contributed by atoms with E-state index >= 15 is 0 Å². The fraction of sp³-hybridized carbons (Fsp3) is 0.444. The summed E-state index contributed by atoms with van der Waals surface area (Å²) in [6.45, 7) is 1.40. The third-order valence-corrected chi connectivity index (χ3v) is 6.44. The van der Waals surface area contributed by atoms with Gasteiger partial charge in [-0.1, -0.05) is 6.07 Å². The minimum atomic E-state index is -3.26. The Labute approximate surface area is 158 Å². The quantitative estimate of drug-likeness (QED) is 0.781. The van der Waals surface area contributed by atoms with E-state index in [4.69, 9.17) is 0 Å². The molecule has 3 aliphatic heterocycles. The van der Waals surface area contributed by atoms with Gasteiger partial charge in [0.05, 0.1) is 11.8 Å². The topological polar surface area (TPSA) is 96.4 Å². The Morgan fingerprint density at radius 3 is 2.52 bits per heavy atom. The van der Waals surface area contributed by atoms with Crippen LogP contribution >= 0.6 is 0 Å². The van der Waals surface area contributed by atoms with E-state index < -0.39 is 10.0 Å². The van der Waals surface area contributed by atoms with Crippen LogP contribution in [0.2, 0.25) is 0 Å². The Hall–Kier alpha value is -2.39. The fourth-order valence-corrected chi connectivity index (χ4v) is 4.71. The van der Waals surface area contributed by atoms with Crippen LogP contribution in [0.5, 0.6) is 0 Å². The lowest BCUT2D eigenvalue weighted by Gasteiger charge is -2.36. The predicted octanol–water partition coefficient (Wildman–Crippen LogP) is 1.03. The van der Waals surface area contributed by atoms with Gasteiger partial charge >= 0.3 is 0 Å². The number of carbonyl (C=O) groups is 1. The minimum Gasteiger partial charge on any atom is -0.334 e. The zero-order valence-electron chi connectivity index (χ0n) is 15.0. The molecule has 0 aliphatic carbocycles. The molecule has 0 aromatic carbocycles. The van der Waals surface area contributed by atoms with E-state index in [1.54, 1.807) is 11.1 Å². The van der Waals surface area contributed by atoms with Crippen LogP contribution in [-0.4, -0.2) is 70.4 Å². The van der Waals surface area contributed by atoms with Crippen LogP contribution in [0.25, 0.3) is 11.5 Å². The van der Waals surface area contributed by atoms with Gasteiger partial charge in [-0.2, -0.15) is 4.31 Å². The molecule has 0 N–H and O–H groups in total. The van der Waals surface area contributed by atoms with Crippen LogP contribution in [-0.2, 0) is 10.0 Å². The molecule has 27 heavy (non-hydrogen) atoms. The maximum absolute atomic E-state index is 13.0. The smallest absolute Gasteiger partial charge is 0.257 e. The average Bonchev–Trinajstić information content (AvgIpc) is 3.01. The first-order chi connectivity index (χ1) is 12.9. The minimum absolute atomic E-state index is 0.110. The van der Waals surface area contributed by atoms with E-state index in [-0.39, 0.29) is 17.9 Å². The number of nitrogens with zero attached hydrogens (tertiary/aromatic N) is 5. The third kappa shape index (κ3) is 3.70. The van der Waals surface area contributed by atoms with Gasteiger partial charge in [-0.25, -0.2) is 18.4 Å². The van der Waals surface area contributed by atoms with E-state index in [1.165, 1.54) is 23.0 Å². The number of aromatic nitrogens is 3. The van der Waals surface area contributed by atoms with Crippen molar-refractivity contribution >= 4 is 15.9 Å². The van der Waals surface area contributed by atoms with Crippen molar-refractivity contribution in [1.82, 2.24) is 24.2 Å². The summed E-state index contributed by atoms with van der Waals surface area (Å²) in [7, 11) is -3.26. The van der Waals surface area contributed by atoms with E-state index in [2.05, 4.69) is 15.0 Å². The van der Waals surface area contributed by atoms with Gasteiger partial charge in [-0.05, 0) is 30.9 Å². The third-order valence-electron chi connectivity index (χ3n) is 5.20. The highest BCUT2D eigenvalue weighted by atomic mass is 32.2. The number of pyridine rings is 1. The zero-order chi connectivity index (χ0) is 19.0. The summed E-state index contributed by atoms with van der Waals surface area (Å²) in [4.78, 5) is 27.6. The van der Waals surface area contributed by atoms with Crippen LogP contribution in [0.15, 0.2) is 36.8 Å². The highest BCUT2D eigenvalue weighted by Gasteiger charge is 2.40. The van der Waals surface area contributed by atoms with Crippen LogP contribution in [0.4, 0.5) is 0 Å². The lowest BCUT2D eigenvalue weighted by molar-refractivity contribution is 0.0588. The second-order valence-electron chi connectivity index (χ2n) is 7.15. The van der Waals surface area contributed by atoms with Gasteiger partial charge in [-0.3, -0.25) is 9.78 Å². The highest BCUT2D eigenvalue weighted by Crippen LogP contribution is 2.30. The monoisotopic (exact) mass is 387 g/mol. The molecule has 2 atom stereocenters. The Balaban J connectivity index is 1.54. The van der Waals surface area contributed by atoms with E-state index in [0.717, 1.165) is 12.8 Å². The van der Waals surface area contributed by atoms with E-state index in [1.807, 2.05) is 18.2 Å². The summed E-state index contributed by atoms with van der Waals surface area (Å²) < 4.78 is 25.4. The summed E-state index contributed by atoms with van der Waals surface area (Å²) >= 11 is 0. The average molecular weight is 387 g/mol. The fourth-order valence-electron chi connectivity index (χ4n) is 3.79. The standard InChI is InChI=1S/C18H21N5O3S/c1-27(25,26)22-10-13-5-6-15(12-22)23(11-13)18(24)14-8-20-17(21-9-14)16-4-2-3-7-19-16/h2-4,7-9,13,15H,5-6,10-12H2,1H3/t13-,15+/m0/s1. The Bertz CT molecular complexity index is 933. The largest absolute Gasteiger partial charge is 0.334 e. The van der Waals surface area contributed by atoms with Crippen molar-refractivity contribution in [1.29, 1.82) is 0 Å².